The molecule has 1 fully saturated rings. The number of alkyl halides is 3. The van der Waals surface area contributed by atoms with Crippen molar-refractivity contribution in [3.63, 3.8) is 0 Å². The molecular formula is C22H26F3NO2. The molecule has 0 spiro atoms. The molecule has 1 atom stereocenters. The van der Waals surface area contributed by atoms with Crippen molar-refractivity contribution in [3.8, 4) is 5.75 Å². The van der Waals surface area contributed by atoms with Crippen molar-refractivity contribution < 1.29 is 23.0 Å². The third-order valence-electron chi connectivity index (χ3n) is 5.27. The smallest absolute Gasteiger partial charge is 0.416 e. The number of ether oxygens (including phenoxy) is 1. The average molecular weight is 393 g/mol. The molecule has 28 heavy (non-hydrogen) atoms. The Balaban J connectivity index is 1.37. The summed E-state index contributed by atoms with van der Waals surface area (Å²) >= 11 is 0. The molecule has 0 amide bonds. The highest BCUT2D eigenvalue weighted by Gasteiger charge is 2.30. The van der Waals surface area contributed by atoms with Crippen molar-refractivity contribution in [1.82, 2.24) is 4.90 Å². The van der Waals surface area contributed by atoms with E-state index in [2.05, 4.69) is 4.90 Å². The molecule has 3 nitrogen and oxygen atoms in total. The Hall–Kier alpha value is -2.05. The summed E-state index contributed by atoms with van der Waals surface area (Å²) in [6, 6.07) is 14.7. The van der Waals surface area contributed by atoms with Crippen LogP contribution in [0.5, 0.6) is 5.75 Å². The van der Waals surface area contributed by atoms with Crippen LogP contribution in [0.25, 0.3) is 0 Å². The lowest BCUT2D eigenvalue weighted by Gasteiger charge is -2.34. The molecular weight excluding hydrogens is 367 g/mol. The minimum absolute atomic E-state index is 0.250. The van der Waals surface area contributed by atoms with Crippen molar-refractivity contribution >= 4 is 0 Å². The first-order valence-corrected chi connectivity index (χ1v) is 9.69. The molecule has 3 rings (SSSR count). The van der Waals surface area contributed by atoms with Gasteiger partial charge in [0.2, 0.25) is 0 Å². The van der Waals surface area contributed by atoms with Crippen LogP contribution < -0.4 is 4.74 Å². The van der Waals surface area contributed by atoms with Gasteiger partial charge in [0.25, 0.3) is 0 Å². The standard InChI is InChI=1S/C22H26F3NO2/c23-22(24,25)19-8-4-9-20(16-19)28-15-5-12-26-13-10-18(11-14-26)21(27)17-6-2-1-3-7-17/h1-4,6-9,16,18,21,27H,5,10-15H2. The van der Waals surface area contributed by atoms with E-state index in [-0.39, 0.29) is 11.7 Å². The van der Waals surface area contributed by atoms with Gasteiger partial charge in [-0.2, -0.15) is 13.2 Å². The number of nitrogens with zero attached hydrogens (tertiary/aromatic N) is 1. The van der Waals surface area contributed by atoms with E-state index < -0.39 is 17.8 Å². The van der Waals surface area contributed by atoms with Gasteiger partial charge in [-0.15, -0.1) is 0 Å². The van der Waals surface area contributed by atoms with Crippen LogP contribution in [0.1, 0.15) is 36.5 Å². The largest absolute Gasteiger partial charge is 0.494 e. The van der Waals surface area contributed by atoms with Gasteiger partial charge in [-0.25, -0.2) is 0 Å². The average Bonchev–Trinajstić information content (AvgIpc) is 2.71. The van der Waals surface area contributed by atoms with Crippen LogP contribution >= 0.6 is 0 Å². The van der Waals surface area contributed by atoms with Crippen LogP contribution in [0, 0.1) is 5.92 Å². The Morgan fingerprint density at radius 3 is 2.43 bits per heavy atom. The van der Waals surface area contributed by atoms with Crippen LogP contribution in [0.15, 0.2) is 54.6 Å². The van der Waals surface area contributed by atoms with Gasteiger partial charge < -0.3 is 14.7 Å². The van der Waals surface area contributed by atoms with E-state index in [0.29, 0.717) is 6.61 Å². The predicted octanol–water partition coefficient (Wildman–Crippen LogP) is 4.92. The molecule has 152 valence electrons. The maximum absolute atomic E-state index is 12.7. The Morgan fingerprint density at radius 1 is 1.04 bits per heavy atom. The molecule has 0 aromatic heterocycles. The lowest BCUT2D eigenvalue weighted by Crippen LogP contribution is -2.36. The van der Waals surface area contributed by atoms with Crippen LogP contribution in [0.4, 0.5) is 13.2 Å². The summed E-state index contributed by atoms with van der Waals surface area (Å²) in [5, 5.41) is 10.5. The zero-order valence-corrected chi connectivity index (χ0v) is 15.7. The van der Waals surface area contributed by atoms with E-state index in [0.717, 1.165) is 56.6 Å². The lowest BCUT2D eigenvalue weighted by molar-refractivity contribution is -0.137. The number of aliphatic hydroxyl groups excluding tert-OH is 1. The third-order valence-corrected chi connectivity index (χ3v) is 5.27. The zero-order valence-electron chi connectivity index (χ0n) is 15.7. The zero-order chi connectivity index (χ0) is 20.0. The number of hydrogen-bond donors (Lipinski definition) is 1. The van der Waals surface area contributed by atoms with Crippen LogP contribution in [-0.4, -0.2) is 36.2 Å². The fourth-order valence-corrected chi connectivity index (χ4v) is 3.66. The van der Waals surface area contributed by atoms with Crippen LogP contribution in [-0.2, 0) is 6.18 Å². The topological polar surface area (TPSA) is 32.7 Å². The summed E-state index contributed by atoms with van der Waals surface area (Å²) in [6.45, 7) is 3.05. The van der Waals surface area contributed by atoms with Crippen molar-refractivity contribution in [2.75, 3.05) is 26.2 Å². The minimum Gasteiger partial charge on any atom is -0.494 e. The Bertz CT molecular complexity index is 728. The summed E-state index contributed by atoms with van der Waals surface area (Å²) in [5.74, 6) is 0.513. The summed E-state index contributed by atoms with van der Waals surface area (Å²) in [4.78, 5) is 2.32. The van der Waals surface area contributed by atoms with Gasteiger partial charge in [-0.3, -0.25) is 0 Å². The first-order valence-electron chi connectivity index (χ1n) is 9.69. The van der Waals surface area contributed by atoms with Crippen LogP contribution in [0.3, 0.4) is 0 Å². The van der Waals surface area contributed by atoms with Gasteiger partial charge >= 0.3 is 6.18 Å². The molecule has 1 aliphatic heterocycles. The highest BCUT2D eigenvalue weighted by molar-refractivity contribution is 5.30. The fourth-order valence-electron chi connectivity index (χ4n) is 3.66. The molecule has 0 bridgehead atoms. The molecule has 0 aliphatic carbocycles. The Labute approximate surface area is 163 Å². The second kappa shape index (κ2) is 9.43. The summed E-state index contributed by atoms with van der Waals surface area (Å²) < 4.78 is 43.6. The molecule has 1 N–H and O–H groups in total. The maximum atomic E-state index is 12.7. The van der Waals surface area contributed by atoms with Gasteiger partial charge in [0.15, 0.2) is 0 Å². The van der Waals surface area contributed by atoms with Gasteiger partial charge in [0.1, 0.15) is 5.75 Å². The first kappa shape index (κ1) is 20.7. The van der Waals surface area contributed by atoms with E-state index in [4.69, 9.17) is 4.74 Å². The number of piperidine rings is 1. The highest BCUT2D eigenvalue weighted by Crippen LogP contribution is 2.32. The molecule has 0 saturated carbocycles. The number of hydrogen-bond acceptors (Lipinski definition) is 3. The Morgan fingerprint density at radius 2 is 1.75 bits per heavy atom. The summed E-state index contributed by atoms with van der Waals surface area (Å²) in [7, 11) is 0. The minimum atomic E-state index is -4.35. The van der Waals surface area contributed by atoms with Crippen molar-refractivity contribution in [1.29, 1.82) is 0 Å². The molecule has 2 aromatic carbocycles. The van der Waals surface area contributed by atoms with E-state index in [1.807, 2.05) is 30.3 Å². The predicted molar refractivity (Wildman–Crippen MR) is 102 cm³/mol. The maximum Gasteiger partial charge on any atom is 0.416 e. The quantitative estimate of drug-likeness (QED) is 0.678. The number of likely N-dealkylation sites (tertiary alicyclic amines) is 1. The molecule has 1 unspecified atom stereocenters. The molecule has 0 radical (unpaired) electrons. The second-order valence-electron chi connectivity index (χ2n) is 7.26. The molecule has 2 aromatic rings. The molecule has 1 saturated heterocycles. The van der Waals surface area contributed by atoms with Gasteiger partial charge in [0.05, 0.1) is 18.3 Å². The summed E-state index contributed by atoms with van der Waals surface area (Å²) in [5.41, 5.74) is 0.277. The number of halogens is 3. The molecule has 1 heterocycles. The Kier molecular flexibility index (Phi) is 6.97. The molecule has 1 aliphatic rings. The fraction of sp³-hybridized carbons (Fsp3) is 0.455. The van der Waals surface area contributed by atoms with E-state index in [1.54, 1.807) is 6.07 Å². The summed E-state index contributed by atoms with van der Waals surface area (Å²) in [6.07, 6.45) is -2.15. The lowest BCUT2D eigenvalue weighted by atomic mass is 9.87. The SMILES string of the molecule is OC(c1ccccc1)C1CCN(CCCOc2cccc(C(F)(F)F)c2)CC1. The van der Waals surface area contributed by atoms with E-state index in [9.17, 15) is 18.3 Å². The number of benzene rings is 2. The van der Waals surface area contributed by atoms with Gasteiger partial charge in [0, 0.05) is 6.54 Å². The van der Waals surface area contributed by atoms with E-state index >= 15 is 0 Å². The van der Waals surface area contributed by atoms with Gasteiger partial charge in [-0.05, 0) is 62.0 Å². The van der Waals surface area contributed by atoms with E-state index in [1.165, 1.54) is 6.07 Å². The number of aliphatic hydroxyl groups is 1. The first-order chi connectivity index (χ1) is 13.4. The van der Waals surface area contributed by atoms with Crippen molar-refractivity contribution in [2.45, 2.75) is 31.5 Å². The van der Waals surface area contributed by atoms with Crippen LogP contribution in [0.2, 0.25) is 0 Å². The number of rotatable bonds is 7. The normalized spacial score (nSPS) is 17.4. The highest BCUT2D eigenvalue weighted by atomic mass is 19.4. The monoisotopic (exact) mass is 393 g/mol. The van der Waals surface area contributed by atoms with Crippen molar-refractivity contribution in [2.24, 2.45) is 5.92 Å². The van der Waals surface area contributed by atoms with Crippen molar-refractivity contribution in [3.05, 3.63) is 65.7 Å². The molecule has 6 heteroatoms. The second-order valence-corrected chi connectivity index (χ2v) is 7.26. The van der Waals surface area contributed by atoms with Gasteiger partial charge in [-0.1, -0.05) is 36.4 Å². The third kappa shape index (κ3) is 5.72.